The van der Waals surface area contributed by atoms with E-state index >= 15 is 0 Å². The van der Waals surface area contributed by atoms with Crippen LogP contribution in [0.2, 0.25) is 0 Å². The van der Waals surface area contributed by atoms with Gasteiger partial charge < -0.3 is 10.2 Å². The Hall–Kier alpha value is -2.14. The molecule has 17 heavy (non-hydrogen) atoms. The van der Waals surface area contributed by atoms with Crippen molar-refractivity contribution in [1.82, 2.24) is 0 Å². The number of nitrogens with two attached hydrogens (primary N) is 1. The first-order valence-electron chi connectivity index (χ1n) is 5.18. The van der Waals surface area contributed by atoms with Crippen molar-refractivity contribution in [3.8, 4) is 0 Å². The monoisotopic (exact) mass is 232 g/mol. The van der Waals surface area contributed by atoms with Crippen LogP contribution < -0.4 is 5.73 Å². The third kappa shape index (κ3) is 2.51. The molecule has 0 fully saturated rings. The van der Waals surface area contributed by atoms with Crippen molar-refractivity contribution in [1.29, 1.82) is 0 Å². The molecule has 0 aliphatic carbocycles. The average molecular weight is 232 g/mol. The van der Waals surface area contributed by atoms with Crippen LogP contribution >= 0.6 is 0 Å². The highest BCUT2D eigenvalue weighted by Crippen LogP contribution is 2.23. The number of rotatable bonds is 4. The van der Waals surface area contributed by atoms with Gasteiger partial charge in [-0.1, -0.05) is 18.2 Å². The van der Waals surface area contributed by atoms with Gasteiger partial charge in [0.2, 0.25) is 0 Å². The van der Waals surface area contributed by atoms with E-state index in [4.69, 9.17) is 10.2 Å². The first kappa shape index (κ1) is 11.3. The summed E-state index contributed by atoms with van der Waals surface area (Å²) in [5.41, 5.74) is 7.53. The lowest BCUT2D eigenvalue weighted by molar-refractivity contribution is -0.385. The molecule has 88 valence electrons. The number of nitro groups is 1. The minimum atomic E-state index is -0.391. The zero-order valence-corrected chi connectivity index (χ0v) is 9.08. The number of hydrogen-bond acceptors (Lipinski definition) is 4. The molecule has 0 amide bonds. The van der Waals surface area contributed by atoms with Crippen molar-refractivity contribution < 1.29 is 9.34 Å². The molecule has 0 saturated heterocycles. The molecule has 5 nitrogen and oxygen atoms in total. The Kier molecular flexibility index (Phi) is 3.20. The second-order valence-electron chi connectivity index (χ2n) is 3.75. The van der Waals surface area contributed by atoms with Crippen LogP contribution in [0.1, 0.15) is 17.2 Å². The van der Waals surface area contributed by atoms with Gasteiger partial charge in [0, 0.05) is 23.2 Å². The maximum absolute atomic E-state index is 10.8. The molecule has 1 aromatic carbocycles. The highest BCUT2D eigenvalue weighted by molar-refractivity contribution is 5.40. The zero-order chi connectivity index (χ0) is 12.3. The van der Waals surface area contributed by atoms with E-state index in [2.05, 4.69) is 0 Å². The molecular formula is C12H12N2O3. The molecule has 5 heteroatoms. The number of furan rings is 1. The summed E-state index contributed by atoms with van der Waals surface area (Å²) in [5, 5.41) is 10.8. The van der Waals surface area contributed by atoms with Gasteiger partial charge in [-0.05, 0) is 12.5 Å². The summed E-state index contributed by atoms with van der Waals surface area (Å²) in [6.07, 6.45) is 3.50. The SMILES string of the molecule is NC(Cc1ccccc1[N+](=O)[O-])c1ccoc1. The van der Waals surface area contributed by atoms with Gasteiger partial charge in [-0.25, -0.2) is 0 Å². The maximum Gasteiger partial charge on any atom is 0.272 e. The molecule has 0 saturated carbocycles. The summed E-state index contributed by atoms with van der Waals surface area (Å²) in [6.45, 7) is 0. The number of benzene rings is 1. The molecule has 2 aromatic rings. The minimum absolute atomic E-state index is 0.103. The van der Waals surface area contributed by atoms with Gasteiger partial charge >= 0.3 is 0 Å². The number of hydrogen-bond donors (Lipinski definition) is 1. The Morgan fingerprint density at radius 3 is 2.76 bits per heavy atom. The van der Waals surface area contributed by atoms with Gasteiger partial charge in [-0.2, -0.15) is 0 Å². The van der Waals surface area contributed by atoms with Crippen LogP contribution in [0, 0.1) is 10.1 Å². The van der Waals surface area contributed by atoms with Crippen LogP contribution in [0.3, 0.4) is 0 Å². The van der Waals surface area contributed by atoms with E-state index in [0.29, 0.717) is 12.0 Å². The predicted molar refractivity (Wildman–Crippen MR) is 62.4 cm³/mol. The molecule has 2 rings (SSSR count). The van der Waals surface area contributed by atoms with Crippen molar-refractivity contribution in [2.75, 3.05) is 0 Å². The second-order valence-corrected chi connectivity index (χ2v) is 3.75. The molecule has 0 bridgehead atoms. The fourth-order valence-corrected chi connectivity index (χ4v) is 1.70. The standard InChI is InChI=1S/C12H12N2O3/c13-11(10-5-6-17-8-10)7-9-3-1-2-4-12(9)14(15)16/h1-6,8,11H,7,13H2. The summed E-state index contributed by atoms with van der Waals surface area (Å²) < 4.78 is 4.94. The molecule has 0 radical (unpaired) electrons. The van der Waals surface area contributed by atoms with E-state index < -0.39 is 4.92 Å². The van der Waals surface area contributed by atoms with E-state index in [-0.39, 0.29) is 11.7 Å². The van der Waals surface area contributed by atoms with Gasteiger partial charge in [0.1, 0.15) is 0 Å². The quantitative estimate of drug-likeness (QED) is 0.648. The number of para-hydroxylation sites is 1. The Morgan fingerprint density at radius 1 is 1.35 bits per heavy atom. The molecule has 0 aliphatic rings. The van der Waals surface area contributed by atoms with E-state index in [1.807, 2.05) is 0 Å². The normalized spacial score (nSPS) is 12.3. The first-order chi connectivity index (χ1) is 8.18. The Morgan fingerprint density at radius 2 is 2.12 bits per heavy atom. The summed E-state index contributed by atoms with van der Waals surface area (Å²) in [4.78, 5) is 10.4. The number of nitro benzene ring substituents is 1. The van der Waals surface area contributed by atoms with Gasteiger partial charge in [0.15, 0.2) is 0 Å². The van der Waals surface area contributed by atoms with Crippen molar-refractivity contribution in [3.05, 3.63) is 64.1 Å². The lowest BCUT2D eigenvalue weighted by Gasteiger charge is -2.09. The minimum Gasteiger partial charge on any atom is -0.472 e. The topological polar surface area (TPSA) is 82.3 Å². The highest BCUT2D eigenvalue weighted by atomic mass is 16.6. The molecule has 1 heterocycles. The summed E-state index contributed by atoms with van der Waals surface area (Å²) in [5.74, 6) is 0. The van der Waals surface area contributed by atoms with Crippen LogP contribution in [0.4, 0.5) is 5.69 Å². The van der Waals surface area contributed by atoms with Crippen LogP contribution in [0.5, 0.6) is 0 Å². The fraction of sp³-hybridized carbons (Fsp3) is 0.167. The van der Waals surface area contributed by atoms with E-state index in [9.17, 15) is 10.1 Å². The van der Waals surface area contributed by atoms with Crippen molar-refractivity contribution in [3.63, 3.8) is 0 Å². The van der Waals surface area contributed by atoms with Gasteiger partial charge in [0.05, 0.1) is 17.4 Å². The van der Waals surface area contributed by atoms with E-state index in [0.717, 1.165) is 5.56 Å². The van der Waals surface area contributed by atoms with Crippen LogP contribution in [-0.4, -0.2) is 4.92 Å². The van der Waals surface area contributed by atoms with E-state index in [1.165, 1.54) is 12.3 Å². The Labute approximate surface area is 98.0 Å². The Bertz CT molecular complexity index is 508. The third-order valence-electron chi connectivity index (χ3n) is 2.60. The fourth-order valence-electron chi connectivity index (χ4n) is 1.70. The Balaban J connectivity index is 2.21. The zero-order valence-electron chi connectivity index (χ0n) is 9.08. The molecular weight excluding hydrogens is 220 g/mol. The summed E-state index contributed by atoms with van der Waals surface area (Å²) in [7, 11) is 0. The van der Waals surface area contributed by atoms with E-state index in [1.54, 1.807) is 30.5 Å². The molecule has 1 unspecified atom stereocenters. The van der Waals surface area contributed by atoms with Gasteiger partial charge in [0.25, 0.3) is 5.69 Å². The van der Waals surface area contributed by atoms with Crippen molar-refractivity contribution in [2.24, 2.45) is 5.73 Å². The summed E-state index contributed by atoms with van der Waals surface area (Å²) in [6, 6.07) is 8.08. The lowest BCUT2D eigenvalue weighted by Crippen LogP contribution is -2.13. The van der Waals surface area contributed by atoms with Crippen LogP contribution in [-0.2, 0) is 6.42 Å². The van der Waals surface area contributed by atoms with Gasteiger partial charge in [-0.3, -0.25) is 10.1 Å². The highest BCUT2D eigenvalue weighted by Gasteiger charge is 2.16. The predicted octanol–water partition coefficient (Wildman–Crippen LogP) is 2.43. The van der Waals surface area contributed by atoms with Crippen LogP contribution in [0.25, 0.3) is 0 Å². The average Bonchev–Trinajstić information content (AvgIpc) is 2.83. The molecule has 1 atom stereocenters. The summed E-state index contributed by atoms with van der Waals surface area (Å²) >= 11 is 0. The van der Waals surface area contributed by atoms with Crippen molar-refractivity contribution in [2.45, 2.75) is 12.5 Å². The lowest BCUT2D eigenvalue weighted by atomic mass is 10.0. The largest absolute Gasteiger partial charge is 0.472 e. The van der Waals surface area contributed by atoms with Crippen LogP contribution in [0.15, 0.2) is 47.3 Å². The first-order valence-corrected chi connectivity index (χ1v) is 5.18. The maximum atomic E-state index is 10.8. The van der Waals surface area contributed by atoms with Crippen molar-refractivity contribution >= 4 is 5.69 Å². The molecule has 0 spiro atoms. The molecule has 0 aliphatic heterocycles. The second kappa shape index (κ2) is 4.80. The van der Waals surface area contributed by atoms with Gasteiger partial charge in [-0.15, -0.1) is 0 Å². The third-order valence-corrected chi connectivity index (χ3v) is 2.60. The number of nitrogens with zero attached hydrogens (tertiary/aromatic N) is 1. The molecule has 1 aromatic heterocycles. The molecule has 2 N–H and O–H groups in total. The smallest absolute Gasteiger partial charge is 0.272 e.